The first-order chi connectivity index (χ1) is 12.2. The van der Waals surface area contributed by atoms with Gasteiger partial charge in [-0.1, -0.05) is 48.4 Å². The summed E-state index contributed by atoms with van der Waals surface area (Å²) in [5.41, 5.74) is 3.39. The predicted octanol–water partition coefficient (Wildman–Crippen LogP) is 3.83. The Hall–Kier alpha value is -2.37. The molecule has 6 nitrogen and oxygen atoms in total. The fourth-order valence-electron chi connectivity index (χ4n) is 3.13. The van der Waals surface area contributed by atoms with Crippen LogP contribution in [0.3, 0.4) is 0 Å². The third-order valence-electron chi connectivity index (χ3n) is 4.71. The Morgan fingerprint density at radius 3 is 2.64 bits per heavy atom. The second-order valence-electron chi connectivity index (χ2n) is 6.62. The van der Waals surface area contributed by atoms with Crippen LogP contribution in [0.1, 0.15) is 44.2 Å². The molecule has 0 spiro atoms. The van der Waals surface area contributed by atoms with Gasteiger partial charge in [0.1, 0.15) is 0 Å². The number of nitrogens with zero attached hydrogens (tertiary/aromatic N) is 4. The molecule has 0 atom stereocenters. The normalized spacial score (nSPS) is 15.4. The number of piperidine rings is 1. The summed E-state index contributed by atoms with van der Waals surface area (Å²) >= 11 is 0. The molecule has 1 amide bonds. The van der Waals surface area contributed by atoms with Gasteiger partial charge in [-0.25, -0.2) is 9.48 Å². The van der Waals surface area contributed by atoms with Gasteiger partial charge in [0, 0.05) is 18.7 Å². The van der Waals surface area contributed by atoms with Crippen molar-refractivity contribution in [2.45, 2.75) is 45.6 Å². The van der Waals surface area contributed by atoms with Gasteiger partial charge in [0.25, 0.3) is 0 Å². The topological polar surface area (TPSA) is 60.2 Å². The van der Waals surface area contributed by atoms with Crippen LogP contribution < -0.4 is 0 Å². The van der Waals surface area contributed by atoms with Crippen molar-refractivity contribution in [3.63, 3.8) is 0 Å². The van der Waals surface area contributed by atoms with Crippen LogP contribution in [0.25, 0.3) is 11.3 Å². The average Bonchev–Trinajstić information content (AvgIpc) is 3.12. The van der Waals surface area contributed by atoms with Gasteiger partial charge < -0.3 is 9.64 Å². The van der Waals surface area contributed by atoms with Crippen LogP contribution in [-0.4, -0.2) is 45.7 Å². The first-order valence-electron chi connectivity index (χ1n) is 9.08. The lowest BCUT2D eigenvalue weighted by atomic mass is 10.0. The van der Waals surface area contributed by atoms with Gasteiger partial charge in [-0.3, -0.25) is 0 Å². The molecule has 134 valence electrons. The van der Waals surface area contributed by atoms with Crippen molar-refractivity contribution in [1.29, 1.82) is 0 Å². The molecule has 0 aliphatic carbocycles. The summed E-state index contributed by atoms with van der Waals surface area (Å²) in [6.45, 7) is 6.07. The third kappa shape index (κ3) is 4.18. The Bertz CT molecular complexity index is 688. The number of ether oxygens (including phenoxy) is 1. The molecule has 1 fully saturated rings. The van der Waals surface area contributed by atoms with E-state index in [1.165, 1.54) is 5.56 Å². The number of benzene rings is 1. The van der Waals surface area contributed by atoms with E-state index in [2.05, 4.69) is 48.4 Å². The Balaban J connectivity index is 1.61. The summed E-state index contributed by atoms with van der Waals surface area (Å²) in [7, 11) is 0. The quantitative estimate of drug-likeness (QED) is 0.775. The van der Waals surface area contributed by atoms with Crippen LogP contribution in [0.15, 0.2) is 30.5 Å². The lowest BCUT2D eigenvalue weighted by molar-refractivity contribution is 0.0865. The highest BCUT2D eigenvalue weighted by Crippen LogP contribution is 2.28. The maximum absolute atomic E-state index is 12.1. The van der Waals surface area contributed by atoms with E-state index in [4.69, 9.17) is 4.74 Å². The smallest absolute Gasteiger partial charge is 0.409 e. The second kappa shape index (κ2) is 8.14. The third-order valence-corrected chi connectivity index (χ3v) is 4.71. The van der Waals surface area contributed by atoms with E-state index in [0.29, 0.717) is 19.7 Å². The molecule has 0 unspecified atom stereocenters. The first-order valence-corrected chi connectivity index (χ1v) is 9.08. The van der Waals surface area contributed by atoms with E-state index < -0.39 is 0 Å². The zero-order valence-corrected chi connectivity index (χ0v) is 15.0. The van der Waals surface area contributed by atoms with Gasteiger partial charge in [-0.2, -0.15) is 0 Å². The highest BCUT2D eigenvalue weighted by atomic mass is 16.6. The molecule has 0 N–H and O–H groups in total. The summed E-state index contributed by atoms with van der Waals surface area (Å²) < 4.78 is 7.31. The molecule has 1 saturated heterocycles. The van der Waals surface area contributed by atoms with Crippen molar-refractivity contribution < 1.29 is 9.53 Å². The Morgan fingerprint density at radius 2 is 1.96 bits per heavy atom. The average molecular weight is 342 g/mol. The lowest BCUT2D eigenvalue weighted by Crippen LogP contribution is -2.39. The molecule has 0 bridgehead atoms. The van der Waals surface area contributed by atoms with Crippen LogP contribution in [-0.2, 0) is 4.74 Å². The number of aromatic nitrogens is 3. The van der Waals surface area contributed by atoms with Crippen LogP contribution in [0.4, 0.5) is 4.79 Å². The van der Waals surface area contributed by atoms with Crippen molar-refractivity contribution in [3.05, 3.63) is 36.0 Å². The number of rotatable bonds is 5. The minimum atomic E-state index is -0.191. The predicted molar refractivity (Wildman–Crippen MR) is 96.3 cm³/mol. The minimum Gasteiger partial charge on any atom is -0.449 e. The SMILES string of the molecule is CCCCOC(=O)N1CCC(n2nncc2-c2ccc(C)cc2)CC1. The second-order valence-corrected chi connectivity index (χ2v) is 6.62. The zero-order valence-electron chi connectivity index (χ0n) is 15.0. The maximum Gasteiger partial charge on any atom is 0.409 e. The Morgan fingerprint density at radius 1 is 1.24 bits per heavy atom. The van der Waals surface area contributed by atoms with Gasteiger partial charge in [0.05, 0.1) is 24.5 Å². The van der Waals surface area contributed by atoms with E-state index in [0.717, 1.165) is 36.9 Å². The molecule has 25 heavy (non-hydrogen) atoms. The molecule has 0 saturated carbocycles. The Kier molecular flexibility index (Phi) is 5.68. The maximum atomic E-state index is 12.1. The van der Waals surface area contributed by atoms with Crippen molar-refractivity contribution in [2.24, 2.45) is 0 Å². The molecule has 1 aliphatic rings. The van der Waals surface area contributed by atoms with Crippen molar-refractivity contribution in [1.82, 2.24) is 19.9 Å². The molecule has 2 heterocycles. The van der Waals surface area contributed by atoms with Gasteiger partial charge in [0.15, 0.2) is 0 Å². The van der Waals surface area contributed by atoms with Gasteiger partial charge in [-0.15, -0.1) is 5.10 Å². The Labute approximate surface area is 148 Å². The van der Waals surface area contributed by atoms with Gasteiger partial charge >= 0.3 is 6.09 Å². The number of unbranched alkanes of at least 4 members (excludes halogenated alkanes) is 1. The number of aryl methyl sites for hydroxylation is 1. The van der Waals surface area contributed by atoms with E-state index in [9.17, 15) is 4.79 Å². The zero-order chi connectivity index (χ0) is 17.6. The van der Waals surface area contributed by atoms with E-state index >= 15 is 0 Å². The van der Waals surface area contributed by atoms with Crippen molar-refractivity contribution >= 4 is 6.09 Å². The van der Waals surface area contributed by atoms with Crippen LogP contribution >= 0.6 is 0 Å². The molecule has 1 aliphatic heterocycles. The monoisotopic (exact) mass is 342 g/mol. The molecule has 0 radical (unpaired) electrons. The molecule has 1 aromatic carbocycles. The summed E-state index contributed by atoms with van der Waals surface area (Å²) in [4.78, 5) is 13.9. The highest BCUT2D eigenvalue weighted by molar-refractivity contribution is 5.67. The van der Waals surface area contributed by atoms with E-state index in [1.807, 2.05) is 10.9 Å². The summed E-state index contributed by atoms with van der Waals surface area (Å²) in [6, 6.07) is 8.66. The van der Waals surface area contributed by atoms with Gasteiger partial charge in [-0.05, 0) is 26.2 Å². The van der Waals surface area contributed by atoms with Crippen LogP contribution in [0, 0.1) is 6.92 Å². The first kappa shape index (κ1) is 17.5. The van der Waals surface area contributed by atoms with E-state index in [1.54, 1.807) is 4.90 Å². The molecule has 2 aromatic rings. The van der Waals surface area contributed by atoms with Crippen LogP contribution in [0.2, 0.25) is 0 Å². The minimum absolute atomic E-state index is 0.191. The summed E-state index contributed by atoms with van der Waals surface area (Å²) in [5, 5.41) is 8.41. The standard InChI is InChI=1S/C19H26N4O2/c1-3-4-13-25-19(24)22-11-9-17(10-12-22)23-18(14-20-21-23)16-7-5-15(2)6-8-16/h5-8,14,17H,3-4,9-13H2,1-2H3. The number of likely N-dealkylation sites (tertiary alicyclic amines) is 1. The number of hydrogen-bond donors (Lipinski definition) is 0. The number of amides is 1. The molecular formula is C19H26N4O2. The largest absolute Gasteiger partial charge is 0.449 e. The van der Waals surface area contributed by atoms with Crippen LogP contribution in [0.5, 0.6) is 0 Å². The fourth-order valence-corrected chi connectivity index (χ4v) is 3.13. The fraction of sp³-hybridized carbons (Fsp3) is 0.526. The summed E-state index contributed by atoms with van der Waals surface area (Å²) in [6.07, 6.45) is 5.31. The lowest BCUT2D eigenvalue weighted by Gasteiger charge is -2.31. The molecule has 3 rings (SSSR count). The van der Waals surface area contributed by atoms with Crippen molar-refractivity contribution in [3.8, 4) is 11.3 Å². The van der Waals surface area contributed by atoms with Gasteiger partial charge in [0.2, 0.25) is 0 Å². The highest BCUT2D eigenvalue weighted by Gasteiger charge is 2.26. The number of hydrogen-bond acceptors (Lipinski definition) is 4. The van der Waals surface area contributed by atoms with E-state index in [-0.39, 0.29) is 12.1 Å². The summed E-state index contributed by atoms with van der Waals surface area (Å²) in [5.74, 6) is 0. The molecular weight excluding hydrogens is 316 g/mol. The van der Waals surface area contributed by atoms with Crippen molar-refractivity contribution in [2.75, 3.05) is 19.7 Å². The number of carbonyl (C=O) groups is 1. The molecule has 6 heteroatoms. The molecule has 1 aromatic heterocycles. The number of carbonyl (C=O) groups excluding carboxylic acids is 1.